The van der Waals surface area contributed by atoms with Crippen LogP contribution in [0.4, 0.5) is 0 Å². The summed E-state index contributed by atoms with van der Waals surface area (Å²) in [6.07, 6.45) is 1.09. The molecule has 1 heterocycles. The molecule has 5 nitrogen and oxygen atoms in total. The Labute approximate surface area is 133 Å². The molecule has 0 atom stereocenters. The normalized spacial score (nSPS) is 12.5. The molecule has 0 saturated heterocycles. The predicted octanol–water partition coefficient (Wildman–Crippen LogP) is 2.33. The molecule has 108 valence electrons. The van der Waals surface area contributed by atoms with Crippen molar-refractivity contribution in [1.29, 1.82) is 0 Å². The van der Waals surface area contributed by atoms with E-state index in [-0.39, 0.29) is 12.5 Å². The van der Waals surface area contributed by atoms with Gasteiger partial charge in [-0.05, 0) is 51.8 Å². The van der Waals surface area contributed by atoms with Crippen molar-refractivity contribution in [1.82, 2.24) is 10.0 Å². The Kier molecular flexibility index (Phi) is 5.59. The number of nitrogens with one attached hydrogen (secondary N) is 2. The highest BCUT2D eigenvalue weighted by atomic mass is 79.9. The van der Waals surface area contributed by atoms with E-state index in [1.165, 1.54) is 11.3 Å². The maximum Gasteiger partial charge on any atom is 0.261 e. The molecule has 1 aromatic heterocycles. The minimum atomic E-state index is -3.31. The summed E-state index contributed by atoms with van der Waals surface area (Å²) in [4.78, 5) is 12.5. The largest absolute Gasteiger partial charge is 0.349 e. The molecule has 0 bridgehead atoms. The summed E-state index contributed by atoms with van der Waals surface area (Å²) < 4.78 is 26.5. The Morgan fingerprint density at radius 2 is 2.00 bits per heavy atom. The van der Waals surface area contributed by atoms with Gasteiger partial charge >= 0.3 is 0 Å². The quantitative estimate of drug-likeness (QED) is 0.748. The monoisotopic (exact) mass is 432 g/mol. The van der Waals surface area contributed by atoms with Crippen molar-refractivity contribution in [3.05, 3.63) is 19.2 Å². The van der Waals surface area contributed by atoms with Gasteiger partial charge in [0, 0.05) is 16.6 Å². The Morgan fingerprint density at radius 1 is 1.42 bits per heavy atom. The van der Waals surface area contributed by atoms with E-state index >= 15 is 0 Å². The van der Waals surface area contributed by atoms with Crippen LogP contribution in [0, 0.1) is 0 Å². The first-order valence-corrected chi connectivity index (χ1v) is 9.51. The Hall–Kier alpha value is 0.0400. The van der Waals surface area contributed by atoms with Gasteiger partial charge in [0.15, 0.2) is 0 Å². The van der Waals surface area contributed by atoms with E-state index in [1.807, 2.05) is 0 Å². The number of carbonyl (C=O) groups excluding carboxylic acids is 1. The van der Waals surface area contributed by atoms with Crippen LogP contribution < -0.4 is 10.0 Å². The summed E-state index contributed by atoms with van der Waals surface area (Å²) in [5.41, 5.74) is -0.741. The molecule has 9 heteroatoms. The van der Waals surface area contributed by atoms with Crippen molar-refractivity contribution < 1.29 is 13.2 Å². The first-order valence-electron chi connectivity index (χ1n) is 5.22. The number of rotatable bonds is 5. The number of hydrogen-bond acceptors (Lipinski definition) is 4. The lowest BCUT2D eigenvalue weighted by Gasteiger charge is -2.25. The van der Waals surface area contributed by atoms with E-state index < -0.39 is 15.6 Å². The smallest absolute Gasteiger partial charge is 0.261 e. The topological polar surface area (TPSA) is 75.3 Å². The zero-order chi connectivity index (χ0) is 14.8. The molecule has 2 N–H and O–H groups in total. The molecule has 0 saturated carbocycles. The van der Waals surface area contributed by atoms with Crippen LogP contribution in [-0.2, 0) is 10.0 Å². The highest BCUT2D eigenvalue weighted by molar-refractivity contribution is 9.13. The van der Waals surface area contributed by atoms with Crippen molar-refractivity contribution in [3.8, 4) is 0 Å². The molecule has 0 fully saturated rings. The van der Waals surface area contributed by atoms with Gasteiger partial charge in [0.2, 0.25) is 10.0 Å². The fourth-order valence-corrected chi connectivity index (χ4v) is 4.41. The minimum absolute atomic E-state index is 0.200. The highest BCUT2D eigenvalue weighted by Crippen LogP contribution is 2.32. The molecule has 1 aromatic rings. The molecular weight excluding hydrogens is 420 g/mol. The second-order valence-electron chi connectivity index (χ2n) is 4.67. The first-order chi connectivity index (χ1) is 8.50. The van der Waals surface area contributed by atoms with Gasteiger partial charge in [0.25, 0.3) is 5.91 Å². The van der Waals surface area contributed by atoms with Crippen LogP contribution in [0.5, 0.6) is 0 Å². The zero-order valence-corrected chi connectivity index (χ0v) is 15.4. The predicted molar refractivity (Wildman–Crippen MR) is 84.1 cm³/mol. The number of thiophene rings is 1. The summed E-state index contributed by atoms with van der Waals surface area (Å²) in [6.45, 7) is 3.61. The van der Waals surface area contributed by atoms with Crippen LogP contribution in [-0.4, -0.2) is 32.7 Å². The third-order valence-electron chi connectivity index (χ3n) is 2.02. The molecule has 0 aliphatic rings. The second kappa shape index (κ2) is 6.21. The molecule has 1 amide bonds. The summed E-state index contributed by atoms with van der Waals surface area (Å²) in [5.74, 6) is -0.236. The summed E-state index contributed by atoms with van der Waals surface area (Å²) in [5, 5.41) is 2.71. The van der Waals surface area contributed by atoms with Gasteiger partial charge < -0.3 is 5.32 Å². The van der Waals surface area contributed by atoms with Gasteiger partial charge in [-0.25, -0.2) is 13.1 Å². The van der Waals surface area contributed by atoms with Crippen LogP contribution in [0.25, 0.3) is 0 Å². The van der Waals surface area contributed by atoms with Gasteiger partial charge in [-0.3, -0.25) is 4.79 Å². The molecule has 1 rings (SSSR count). The Morgan fingerprint density at radius 3 is 2.42 bits per heavy atom. The number of sulfonamides is 1. The molecule has 0 aromatic carbocycles. The van der Waals surface area contributed by atoms with E-state index in [0.717, 1.165) is 14.5 Å². The van der Waals surface area contributed by atoms with Crippen LogP contribution in [0.3, 0.4) is 0 Å². The lowest BCUT2D eigenvalue weighted by Crippen LogP contribution is -2.50. The van der Waals surface area contributed by atoms with Crippen molar-refractivity contribution in [2.75, 3.05) is 12.8 Å². The number of hydrogen-bond donors (Lipinski definition) is 2. The molecule has 19 heavy (non-hydrogen) atoms. The maximum absolute atomic E-state index is 11.9. The van der Waals surface area contributed by atoms with Gasteiger partial charge in [-0.1, -0.05) is 0 Å². The molecule has 0 spiro atoms. The first kappa shape index (κ1) is 17.1. The van der Waals surface area contributed by atoms with Crippen molar-refractivity contribution in [2.45, 2.75) is 19.4 Å². The van der Waals surface area contributed by atoms with E-state index in [2.05, 4.69) is 41.9 Å². The maximum atomic E-state index is 11.9. The van der Waals surface area contributed by atoms with Crippen LogP contribution in [0.15, 0.2) is 14.3 Å². The van der Waals surface area contributed by atoms with Crippen molar-refractivity contribution in [3.63, 3.8) is 0 Å². The van der Waals surface area contributed by atoms with Crippen LogP contribution in [0.1, 0.15) is 23.5 Å². The van der Waals surface area contributed by atoms with Gasteiger partial charge in [0.05, 0.1) is 14.9 Å². The molecule has 0 unspecified atom stereocenters. The number of carbonyl (C=O) groups is 1. The second-order valence-corrected chi connectivity index (χ2v) is 9.65. The Balaban J connectivity index is 2.64. The zero-order valence-electron chi connectivity index (χ0n) is 10.6. The molecule has 0 aliphatic carbocycles. The standard InChI is InChI=1S/C10H14Br2N2O3S2/c1-10(2,14-19(3,16)17)5-13-9(15)7-4-6(11)8(12)18-7/h4,14H,5H2,1-3H3,(H,13,15). The SMILES string of the molecule is CC(C)(CNC(=O)c1cc(Br)c(Br)s1)NS(C)(=O)=O. The van der Waals surface area contributed by atoms with E-state index in [0.29, 0.717) is 4.88 Å². The molecular formula is C10H14Br2N2O3S2. The van der Waals surface area contributed by atoms with Gasteiger partial charge in [-0.2, -0.15) is 0 Å². The third-order valence-corrected chi connectivity index (χ3v) is 6.20. The van der Waals surface area contributed by atoms with Crippen molar-refractivity contribution in [2.24, 2.45) is 0 Å². The van der Waals surface area contributed by atoms with Crippen LogP contribution in [0.2, 0.25) is 0 Å². The van der Waals surface area contributed by atoms with Gasteiger partial charge in [0.1, 0.15) is 0 Å². The fourth-order valence-electron chi connectivity index (χ4n) is 1.38. The van der Waals surface area contributed by atoms with E-state index in [9.17, 15) is 13.2 Å². The third kappa shape index (κ3) is 5.90. The summed E-state index contributed by atoms with van der Waals surface area (Å²) >= 11 is 7.93. The lowest BCUT2D eigenvalue weighted by molar-refractivity contribution is 0.0948. The fraction of sp³-hybridized carbons (Fsp3) is 0.500. The average Bonchev–Trinajstić information content (AvgIpc) is 2.52. The number of halogens is 2. The lowest BCUT2D eigenvalue weighted by atomic mass is 10.1. The summed E-state index contributed by atoms with van der Waals surface area (Å²) in [7, 11) is -3.31. The molecule has 0 radical (unpaired) electrons. The highest BCUT2D eigenvalue weighted by Gasteiger charge is 2.23. The van der Waals surface area contributed by atoms with Crippen molar-refractivity contribution >= 4 is 59.1 Å². The molecule has 0 aliphatic heterocycles. The Bertz CT molecular complexity index is 562. The van der Waals surface area contributed by atoms with E-state index in [4.69, 9.17) is 0 Å². The van der Waals surface area contributed by atoms with E-state index in [1.54, 1.807) is 19.9 Å². The number of amides is 1. The van der Waals surface area contributed by atoms with Crippen LogP contribution >= 0.6 is 43.2 Å². The van der Waals surface area contributed by atoms with Gasteiger partial charge in [-0.15, -0.1) is 11.3 Å². The average molecular weight is 434 g/mol. The minimum Gasteiger partial charge on any atom is -0.349 e. The summed E-state index contributed by atoms with van der Waals surface area (Å²) in [6, 6.07) is 1.71.